The molecule has 1 aromatic rings. The molecule has 26 heavy (non-hydrogen) atoms. The Hall–Kier alpha value is -1.88. The number of nitrogens with one attached hydrogen (secondary N) is 1. The summed E-state index contributed by atoms with van der Waals surface area (Å²) in [6, 6.07) is 8.65. The van der Waals surface area contributed by atoms with Crippen molar-refractivity contribution in [1.29, 1.82) is 0 Å². The fraction of sp³-hybridized carbons (Fsp3) is 0.619. The molecule has 2 aliphatic rings. The lowest BCUT2D eigenvalue weighted by Crippen LogP contribution is -2.41. The lowest BCUT2D eigenvalue weighted by molar-refractivity contribution is -0.136. The lowest BCUT2D eigenvalue weighted by atomic mass is 9.94. The second-order valence-corrected chi connectivity index (χ2v) is 7.68. The maximum Gasteiger partial charge on any atom is 0.244 e. The third kappa shape index (κ3) is 5.07. The van der Waals surface area contributed by atoms with E-state index in [0.717, 1.165) is 30.6 Å². The van der Waals surface area contributed by atoms with Gasteiger partial charge in [-0.25, -0.2) is 0 Å². The summed E-state index contributed by atoms with van der Waals surface area (Å²) >= 11 is 0. The molecule has 5 nitrogen and oxygen atoms in total. The molecule has 142 valence electrons. The summed E-state index contributed by atoms with van der Waals surface area (Å²) in [6.07, 6.45) is 9.01. The molecule has 1 aliphatic heterocycles. The average Bonchev–Trinajstić information content (AvgIpc) is 2.66. The predicted octanol–water partition coefficient (Wildman–Crippen LogP) is 3.40. The Balaban J connectivity index is 1.59. The third-order valence-electron chi connectivity index (χ3n) is 5.67. The van der Waals surface area contributed by atoms with E-state index >= 15 is 0 Å². The number of benzene rings is 1. The van der Waals surface area contributed by atoms with Gasteiger partial charge in [0.2, 0.25) is 11.8 Å². The smallest absolute Gasteiger partial charge is 0.244 e. The number of nitrogens with zero attached hydrogens (tertiary/aromatic N) is 2. The van der Waals surface area contributed by atoms with Crippen LogP contribution >= 0.6 is 0 Å². The largest absolute Gasteiger partial charge is 0.333 e. The van der Waals surface area contributed by atoms with Gasteiger partial charge in [-0.15, -0.1) is 0 Å². The Bertz CT molecular complexity index is 625. The van der Waals surface area contributed by atoms with Crippen molar-refractivity contribution in [3.8, 4) is 0 Å². The quantitative estimate of drug-likeness (QED) is 0.849. The van der Waals surface area contributed by atoms with Gasteiger partial charge in [0.15, 0.2) is 0 Å². The molecule has 1 saturated carbocycles. The van der Waals surface area contributed by atoms with E-state index in [-0.39, 0.29) is 18.4 Å². The molecule has 3 rings (SSSR count). The molecule has 0 aromatic heterocycles. The average molecular weight is 357 g/mol. The molecule has 5 heteroatoms. The Kier molecular flexibility index (Phi) is 6.67. The minimum absolute atomic E-state index is 0.0942. The summed E-state index contributed by atoms with van der Waals surface area (Å²) in [5.41, 5.74) is 2.00. The fourth-order valence-corrected chi connectivity index (χ4v) is 4.09. The lowest BCUT2D eigenvalue weighted by Gasteiger charge is -2.31. The second kappa shape index (κ2) is 9.17. The van der Waals surface area contributed by atoms with Crippen LogP contribution in [0.15, 0.2) is 24.3 Å². The first kappa shape index (κ1) is 18.9. The van der Waals surface area contributed by atoms with E-state index in [9.17, 15) is 9.59 Å². The van der Waals surface area contributed by atoms with E-state index in [4.69, 9.17) is 0 Å². The highest BCUT2D eigenvalue weighted by molar-refractivity contribution is 5.95. The topological polar surface area (TPSA) is 52.7 Å². The van der Waals surface area contributed by atoms with Crippen molar-refractivity contribution in [2.75, 3.05) is 25.5 Å². The van der Waals surface area contributed by atoms with Crippen molar-refractivity contribution in [1.82, 2.24) is 9.80 Å². The molecular formula is C21H31N3O2. The van der Waals surface area contributed by atoms with Crippen molar-refractivity contribution in [2.45, 2.75) is 64.0 Å². The van der Waals surface area contributed by atoms with Crippen LogP contribution in [-0.4, -0.2) is 47.8 Å². The van der Waals surface area contributed by atoms with E-state index in [1.54, 1.807) is 4.90 Å². The molecule has 0 spiro atoms. The summed E-state index contributed by atoms with van der Waals surface area (Å²) in [4.78, 5) is 28.4. The number of amides is 2. The van der Waals surface area contributed by atoms with Gasteiger partial charge in [-0.1, -0.05) is 37.5 Å². The van der Waals surface area contributed by atoms with Gasteiger partial charge in [0, 0.05) is 31.2 Å². The first-order valence-corrected chi connectivity index (χ1v) is 9.99. The van der Waals surface area contributed by atoms with Crippen LogP contribution in [0.3, 0.4) is 0 Å². The van der Waals surface area contributed by atoms with Crippen molar-refractivity contribution >= 4 is 17.5 Å². The number of rotatable bonds is 6. The molecule has 0 unspecified atom stereocenters. The van der Waals surface area contributed by atoms with Crippen LogP contribution in [0.5, 0.6) is 0 Å². The Morgan fingerprint density at radius 1 is 1.15 bits per heavy atom. The Morgan fingerprint density at radius 3 is 2.69 bits per heavy atom. The zero-order valence-electron chi connectivity index (χ0n) is 15.9. The zero-order valence-corrected chi connectivity index (χ0v) is 15.9. The van der Waals surface area contributed by atoms with Crippen molar-refractivity contribution in [3.05, 3.63) is 29.8 Å². The van der Waals surface area contributed by atoms with Gasteiger partial charge in [0.25, 0.3) is 0 Å². The SMILES string of the molecule is CN(Cc1ccccc1NC(=O)CN1CCCCC1=O)C1CCCCC1. The van der Waals surface area contributed by atoms with Gasteiger partial charge in [-0.2, -0.15) is 0 Å². The molecule has 0 bridgehead atoms. The molecule has 1 saturated heterocycles. The number of piperidine rings is 1. The highest BCUT2D eigenvalue weighted by Crippen LogP contribution is 2.25. The van der Waals surface area contributed by atoms with Crippen molar-refractivity contribution in [3.63, 3.8) is 0 Å². The normalized spacial score (nSPS) is 19.0. The highest BCUT2D eigenvalue weighted by Gasteiger charge is 2.22. The third-order valence-corrected chi connectivity index (χ3v) is 5.67. The Labute approximate surface area is 156 Å². The maximum atomic E-state index is 12.4. The van der Waals surface area contributed by atoms with E-state index < -0.39 is 0 Å². The summed E-state index contributed by atoms with van der Waals surface area (Å²) in [5, 5.41) is 3.03. The van der Waals surface area contributed by atoms with Crippen LogP contribution in [0.2, 0.25) is 0 Å². The van der Waals surface area contributed by atoms with Gasteiger partial charge in [-0.05, 0) is 44.4 Å². The summed E-state index contributed by atoms with van der Waals surface area (Å²) in [6.45, 7) is 1.69. The molecule has 1 aliphatic carbocycles. The number of carbonyl (C=O) groups excluding carboxylic acids is 2. The molecule has 1 aromatic carbocycles. The van der Waals surface area contributed by atoms with Crippen LogP contribution in [0.4, 0.5) is 5.69 Å². The molecule has 0 atom stereocenters. The van der Waals surface area contributed by atoms with Gasteiger partial charge in [0.1, 0.15) is 0 Å². The highest BCUT2D eigenvalue weighted by atomic mass is 16.2. The molecular weight excluding hydrogens is 326 g/mol. The molecule has 0 radical (unpaired) electrons. The van der Waals surface area contributed by atoms with E-state index in [0.29, 0.717) is 19.0 Å². The van der Waals surface area contributed by atoms with E-state index in [1.807, 2.05) is 18.2 Å². The predicted molar refractivity (Wildman–Crippen MR) is 104 cm³/mol. The fourth-order valence-electron chi connectivity index (χ4n) is 4.09. The van der Waals surface area contributed by atoms with Gasteiger partial charge < -0.3 is 10.2 Å². The monoisotopic (exact) mass is 357 g/mol. The summed E-state index contributed by atoms with van der Waals surface area (Å²) in [7, 11) is 2.18. The van der Waals surface area contributed by atoms with Crippen molar-refractivity contribution in [2.24, 2.45) is 0 Å². The summed E-state index contributed by atoms with van der Waals surface area (Å²) < 4.78 is 0. The van der Waals surface area contributed by atoms with Crippen LogP contribution < -0.4 is 5.32 Å². The van der Waals surface area contributed by atoms with Crippen molar-refractivity contribution < 1.29 is 9.59 Å². The number of hydrogen-bond acceptors (Lipinski definition) is 3. The number of para-hydroxylation sites is 1. The van der Waals surface area contributed by atoms with E-state index in [1.165, 1.54) is 32.1 Å². The maximum absolute atomic E-state index is 12.4. The standard InChI is InChI=1S/C21H31N3O2/c1-23(18-10-3-2-4-11-18)15-17-9-5-6-12-19(17)22-20(25)16-24-14-8-7-13-21(24)26/h5-6,9,12,18H,2-4,7-8,10-11,13-16H2,1H3,(H,22,25). The van der Waals surface area contributed by atoms with Gasteiger partial charge in [-0.3, -0.25) is 14.5 Å². The van der Waals surface area contributed by atoms with E-state index in [2.05, 4.69) is 23.3 Å². The molecule has 1 N–H and O–H groups in total. The minimum Gasteiger partial charge on any atom is -0.333 e. The number of anilines is 1. The van der Waals surface area contributed by atoms with Gasteiger partial charge in [0.05, 0.1) is 6.54 Å². The first-order chi connectivity index (χ1) is 12.6. The van der Waals surface area contributed by atoms with Crippen LogP contribution in [-0.2, 0) is 16.1 Å². The number of carbonyl (C=O) groups is 2. The minimum atomic E-state index is -0.104. The first-order valence-electron chi connectivity index (χ1n) is 9.99. The van der Waals surface area contributed by atoms with Crippen LogP contribution in [0.1, 0.15) is 56.9 Å². The van der Waals surface area contributed by atoms with Gasteiger partial charge >= 0.3 is 0 Å². The van der Waals surface area contributed by atoms with Crippen LogP contribution in [0.25, 0.3) is 0 Å². The summed E-state index contributed by atoms with van der Waals surface area (Å²) in [5.74, 6) is -0.00950. The number of likely N-dealkylation sites (tertiary alicyclic amines) is 1. The number of hydrogen-bond donors (Lipinski definition) is 1. The van der Waals surface area contributed by atoms with Crippen LogP contribution in [0, 0.1) is 0 Å². The zero-order chi connectivity index (χ0) is 18.4. The molecule has 2 fully saturated rings. The second-order valence-electron chi connectivity index (χ2n) is 7.68. The Morgan fingerprint density at radius 2 is 1.92 bits per heavy atom. The molecule has 2 amide bonds. The molecule has 1 heterocycles.